The molecule has 0 spiro atoms. The van der Waals surface area contributed by atoms with E-state index in [9.17, 15) is 9.90 Å². The van der Waals surface area contributed by atoms with E-state index in [0.717, 1.165) is 48.6 Å². The van der Waals surface area contributed by atoms with Crippen LogP contribution >= 0.6 is 0 Å². The summed E-state index contributed by atoms with van der Waals surface area (Å²) in [6.45, 7) is 3.93. The monoisotopic (exact) mass is 339 g/mol. The quantitative estimate of drug-likeness (QED) is 0.899. The number of hydrogen-bond acceptors (Lipinski definition) is 3. The van der Waals surface area contributed by atoms with Crippen LogP contribution in [0.25, 0.3) is 11.4 Å². The standard InChI is InChI=1S/C20H25N3O2/c1-12-10-15(13-4-3-5-13)16(11-14(12)20(24)25)19-21-17-6-8-23(2)9-7-18(17)22-19/h10-11,13H,3-9H2,1-2H3,(H,21,22)(H,24,25). The van der Waals surface area contributed by atoms with Gasteiger partial charge in [0.05, 0.1) is 11.3 Å². The van der Waals surface area contributed by atoms with Gasteiger partial charge in [-0.25, -0.2) is 9.78 Å². The van der Waals surface area contributed by atoms with Gasteiger partial charge in [0.1, 0.15) is 5.82 Å². The molecule has 5 heteroatoms. The average Bonchev–Trinajstić information content (AvgIpc) is 2.84. The number of carboxylic acid groups (broad SMARTS) is 1. The van der Waals surface area contributed by atoms with Gasteiger partial charge in [0.25, 0.3) is 0 Å². The van der Waals surface area contributed by atoms with Gasteiger partial charge >= 0.3 is 5.97 Å². The van der Waals surface area contributed by atoms with Crippen molar-refractivity contribution < 1.29 is 9.90 Å². The Balaban J connectivity index is 1.80. The lowest BCUT2D eigenvalue weighted by atomic mass is 9.77. The molecule has 0 unspecified atom stereocenters. The lowest BCUT2D eigenvalue weighted by molar-refractivity contribution is 0.0696. The minimum Gasteiger partial charge on any atom is -0.478 e. The molecule has 1 fully saturated rings. The zero-order chi connectivity index (χ0) is 17.6. The zero-order valence-electron chi connectivity index (χ0n) is 14.9. The molecule has 0 saturated heterocycles. The maximum atomic E-state index is 11.6. The van der Waals surface area contributed by atoms with Crippen molar-refractivity contribution in [3.05, 3.63) is 40.2 Å². The lowest BCUT2D eigenvalue weighted by Gasteiger charge is -2.28. The first-order chi connectivity index (χ1) is 12.0. The molecule has 2 heterocycles. The summed E-state index contributed by atoms with van der Waals surface area (Å²) in [7, 11) is 2.14. The zero-order valence-corrected chi connectivity index (χ0v) is 14.9. The maximum Gasteiger partial charge on any atom is 0.335 e. The Morgan fingerprint density at radius 1 is 1.28 bits per heavy atom. The van der Waals surface area contributed by atoms with Crippen molar-refractivity contribution in [2.75, 3.05) is 20.1 Å². The smallest absolute Gasteiger partial charge is 0.335 e. The van der Waals surface area contributed by atoms with Gasteiger partial charge < -0.3 is 15.0 Å². The predicted molar refractivity (Wildman–Crippen MR) is 97.2 cm³/mol. The maximum absolute atomic E-state index is 11.6. The van der Waals surface area contributed by atoms with Gasteiger partial charge in [0, 0.05) is 37.2 Å². The minimum absolute atomic E-state index is 0.379. The molecule has 0 radical (unpaired) electrons. The fraction of sp³-hybridized carbons (Fsp3) is 0.500. The molecule has 2 aromatic rings. The molecule has 0 amide bonds. The van der Waals surface area contributed by atoms with Crippen molar-refractivity contribution in [2.24, 2.45) is 0 Å². The molecule has 1 aromatic heterocycles. The lowest BCUT2D eigenvalue weighted by Crippen LogP contribution is -2.21. The van der Waals surface area contributed by atoms with Crippen LogP contribution in [0.4, 0.5) is 0 Å². The molecule has 1 aliphatic carbocycles. The fourth-order valence-corrected chi connectivity index (χ4v) is 3.92. The first kappa shape index (κ1) is 16.3. The third kappa shape index (κ3) is 2.97. The topological polar surface area (TPSA) is 69.2 Å². The Labute approximate surface area is 148 Å². The highest BCUT2D eigenvalue weighted by molar-refractivity contribution is 5.91. The van der Waals surface area contributed by atoms with E-state index in [2.05, 4.69) is 23.0 Å². The van der Waals surface area contributed by atoms with Crippen molar-refractivity contribution in [1.29, 1.82) is 0 Å². The highest BCUT2D eigenvalue weighted by Crippen LogP contribution is 2.42. The van der Waals surface area contributed by atoms with Crippen LogP contribution < -0.4 is 0 Å². The Bertz CT molecular complexity index is 795. The SMILES string of the molecule is Cc1cc(C2CCC2)c(-c2nc3c([nH]2)CCN(C)CC3)cc1C(=O)O. The van der Waals surface area contributed by atoms with Crippen molar-refractivity contribution in [1.82, 2.24) is 14.9 Å². The molecular formula is C20H25N3O2. The van der Waals surface area contributed by atoms with E-state index in [4.69, 9.17) is 4.98 Å². The van der Waals surface area contributed by atoms with E-state index in [0.29, 0.717) is 11.5 Å². The summed E-state index contributed by atoms with van der Waals surface area (Å²) in [5.74, 6) is 0.514. The van der Waals surface area contributed by atoms with Gasteiger partial charge in [-0.05, 0) is 49.9 Å². The molecular weight excluding hydrogens is 314 g/mol. The van der Waals surface area contributed by atoms with E-state index >= 15 is 0 Å². The summed E-state index contributed by atoms with van der Waals surface area (Å²) in [6, 6.07) is 3.90. The first-order valence-electron chi connectivity index (χ1n) is 9.17. The molecule has 2 aliphatic rings. The number of aromatic nitrogens is 2. The number of nitrogens with zero attached hydrogens (tertiary/aromatic N) is 2. The van der Waals surface area contributed by atoms with E-state index < -0.39 is 5.97 Å². The van der Waals surface area contributed by atoms with Crippen molar-refractivity contribution in [3.8, 4) is 11.4 Å². The summed E-state index contributed by atoms with van der Waals surface area (Å²) in [6.07, 6.45) is 5.53. The number of fused-ring (bicyclic) bond motifs is 1. The number of nitrogens with one attached hydrogen (secondary N) is 1. The molecule has 2 N–H and O–H groups in total. The summed E-state index contributed by atoms with van der Waals surface area (Å²) >= 11 is 0. The summed E-state index contributed by atoms with van der Waals surface area (Å²) in [5.41, 5.74) is 5.80. The molecule has 1 saturated carbocycles. The number of aromatic amines is 1. The predicted octanol–water partition coefficient (Wildman–Crippen LogP) is 3.38. The van der Waals surface area contributed by atoms with Crippen molar-refractivity contribution in [2.45, 2.75) is 44.9 Å². The molecule has 4 rings (SSSR count). The van der Waals surface area contributed by atoms with E-state index in [1.165, 1.54) is 30.5 Å². The van der Waals surface area contributed by atoms with Gasteiger partial charge in [-0.2, -0.15) is 0 Å². The molecule has 132 valence electrons. The fourth-order valence-electron chi connectivity index (χ4n) is 3.92. The van der Waals surface area contributed by atoms with Crippen LogP contribution in [-0.4, -0.2) is 46.1 Å². The number of aryl methyl sites for hydroxylation is 1. The van der Waals surface area contributed by atoms with Gasteiger partial charge in [-0.3, -0.25) is 0 Å². The number of carboxylic acids is 1. The second kappa shape index (κ2) is 6.30. The summed E-state index contributed by atoms with van der Waals surface area (Å²) < 4.78 is 0. The Morgan fingerprint density at radius 2 is 2.04 bits per heavy atom. The van der Waals surface area contributed by atoms with Gasteiger partial charge in [0.15, 0.2) is 0 Å². The summed E-state index contributed by atoms with van der Waals surface area (Å²) in [5, 5.41) is 9.53. The molecule has 25 heavy (non-hydrogen) atoms. The number of benzene rings is 1. The third-order valence-corrected chi connectivity index (χ3v) is 5.77. The number of hydrogen-bond donors (Lipinski definition) is 2. The minimum atomic E-state index is -0.867. The number of imidazole rings is 1. The molecule has 1 aromatic carbocycles. The number of H-pyrrole nitrogens is 1. The highest BCUT2D eigenvalue weighted by atomic mass is 16.4. The van der Waals surface area contributed by atoms with Crippen LogP contribution in [0.15, 0.2) is 12.1 Å². The van der Waals surface area contributed by atoms with Crippen LogP contribution in [-0.2, 0) is 12.8 Å². The Morgan fingerprint density at radius 3 is 2.72 bits per heavy atom. The number of aromatic carboxylic acids is 1. The van der Waals surface area contributed by atoms with Gasteiger partial charge in [-0.15, -0.1) is 0 Å². The number of rotatable bonds is 3. The van der Waals surface area contributed by atoms with Crippen LogP contribution in [0.2, 0.25) is 0 Å². The third-order valence-electron chi connectivity index (χ3n) is 5.77. The summed E-state index contributed by atoms with van der Waals surface area (Å²) in [4.78, 5) is 22.3. The van der Waals surface area contributed by atoms with Gasteiger partial charge in [0.2, 0.25) is 0 Å². The molecule has 0 atom stereocenters. The van der Waals surface area contributed by atoms with Crippen LogP contribution in [0.5, 0.6) is 0 Å². The molecule has 1 aliphatic heterocycles. The van der Waals surface area contributed by atoms with Crippen LogP contribution in [0.1, 0.15) is 58.1 Å². The second-order valence-corrected chi connectivity index (χ2v) is 7.50. The highest BCUT2D eigenvalue weighted by Gasteiger charge is 2.26. The Hall–Kier alpha value is -2.14. The number of carbonyl (C=O) groups is 1. The molecule has 5 nitrogen and oxygen atoms in total. The average molecular weight is 339 g/mol. The Kier molecular flexibility index (Phi) is 4.12. The second-order valence-electron chi connectivity index (χ2n) is 7.50. The van der Waals surface area contributed by atoms with E-state index in [1.54, 1.807) is 0 Å². The first-order valence-corrected chi connectivity index (χ1v) is 9.17. The van der Waals surface area contributed by atoms with Crippen molar-refractivity contribution >= 4 is 5.97 Å². The van der Waals surface area contributed by atoms with Crippen LogP contribution in [0.3, 0.4) is 0 Å². The largest absolute Gasteiger partial charge is 0.478 e. The van der Waals surface area contributed by atoms with E-state index in [1.807, 2.05) is 13.0 Å². The molecule has 0 bridgehead atoms. The van der Waals surface area contributed by atoms with Crippen molar-refractivity contribution in [3.63, 3.8) is 0 Å². The van der Waals surface area contributed by atoms with E-state index in [-0.39, 0.29) is 0 Å². The van der Waals surface area contributed by atoms with Gasteiger partial charge in [-0.1, -0.05) is 12.5 Å². The number of likely N-dealkylation sites (N-methyl/N-ethyl adjacent to an activating group) is 1. The van der Waals surface area contributed by atoms with Crippen LogP contribution in [0, 0.1) is 6.92 Å². The normalized spacial score (nSPS) is 18.5.